The molecule has 7 nitrogen and oxygen atoms in total. The minimum atomic E-state index is -0.990. The molecule has 0 unspecified atom stereocenters. The number of hydrogen-bond donors (Lipinski definition) is 3. The van der Waals surface area contributed by atoms with Crippen molar-refractivity contribution >= 4 is 28.9 Å². The van der Waals surface area contributed by atoms with Crippen molar-refractivity contribution in [2.75, 3.05) is 0 Å². The zero-order chi connectivity index (χ0) is 21.1. The Morgan fingerprint density at radius 1 is 0.933 bits per heavy atom. The smallest absolute Gasteiger partial charge is 0.335 e. The molecular formula is C23H17N3O4. The maximum Gasteiger partial charge on any atom is 0.335 e. The molecule has 7 heteroatoms. The molecule has 0 saturated heterocycles. The number of rotatable bonds is 5. The molecule has 0 bridgehead atoms. The first-order valence-corrected chi connectivity index (χ1v) is 9.09. The van der Waals surface area contributed by atoms with Crippen LogP contribution in [0.3, 0.4) is 0 Å². The Labute approximate surface area is 171 Å². The van der Waals surface area contributed by atoms with Crippen LogP contribution in [-0.2, 0) is 0 Å². The fourth-order valence-electron chi connectivity index (χ4n) is 3.13. The number of nitrogens with zero attached hydrogens (tertiary/aromatic N) is 2. The number of carbonyl (C=O) groups is 2. The Hall–Kier alpha value is -4.39. The third kappa shape index (κ3) is 3.77. The summed E-state index contributed by atoms with van der Waals surface area (Å²) >= 11 is 0. The Morgan fingerprint density at radius 2 is 1.63 bits per heavy atom. The predicted molar refractivity (Wildman–Crippen MR) is 113 cm³/mol. The number of carboxylic acid groups (broad SMARTS) is 1. The SMILES string of the molecule is O=C(O)c1ccc(-n2cccc2C=NNC(=O)c2cc3ccccc3cc2O)cc1. The number of hydrogen-bond acceptors (Lipinski definition) is 4. The average Bonchev–Trinajstić information content (AvgIpc) is 3.21. The van der Waals surface area contributed by atoms with E-state index < -0.39 is 11.9 Å². The van der Waals surface area contributed by atoms with E-state index in [4.69, 9.17) is 5.11 Å². The van der Waals surface area contributed by atoms with Crippen LogP contribution >= 0.6 is 0 Å². The number of phenolic OH excluding ortho intramolecular Hbond substituents is 1. The number of aromatic hydroxyl groups is 1. The Balaban J connectivity index is 1.52. The maximum atomic E-state index is 12.4. The zero-order valence-corrected chi connectivity index (χ0v) is 15.7. The lowest BCUT2D eigenvalue weighted by Gasteiger charge is -2.07. The normalized spacial score (nSPS) is 11.1. The number of fused-ring (bicyclic) bond motifs is 1. The molecular weight excluding hydrogens is 382 g/mol. The highest BCUT2D eigenvalue weighted by Crippen LogP contribution is 2.24. The minimum Gasteiger partial charge on any atom is -0.507 e. The molecule has 1 heterocycles. The number of aromatic nitrogens is 1. The summed E-state index contributed by atoms with van der Waals surface area (Å²) in [5, 5.41) is 24.8. The quantitative estimate of drug-likeness (QED) is 0.351. The molecule has 3 N–H and O–H groups in total. The number of carboxylic acids is 1. The predicted octanol–water partition coefficient (Wildman–Crippen LogP) is 3.80. The molecule has 4 rings (SSSR count). The van der Waals surface area contributed by atoms with Gasteiger partial charge in [-0.3, -0.25) is 4.79 Å². The highest BCUT2D eigenvalue weighted by Gasteiger charge is 2.12. The van der Waals surface area contributed by atoms with Crippen molar-refractivity contribution in [1.29, 1.82) is 0 Å². The maximum absolute atomic E-state index is 12.4. The Morgan fingerprint density at radius 3 is 2.33 bits per heavy atom. The Bertz CT molecular complexity index is 1270. The molecule has 1 aromatic heterocycles. The van der Waals surface area contributed by atoms with Crippen LogP contribution in [-0.4, -0.2) is 32.9 Å². The van der Waals surface area contributed by atoms with Crippen LogP contribution in [0.5, 0.6) is 5.75 Å². The lowest BCUT2D eigenvalue weighted by molar-refractivity contribution is 0.0696. The topological polar surface area (TPSA) is 104 Å². The van der Waals surface area contributed by atoms with Gasteiger partial charge in [-0.1, -0.05) is 24.3 Å². The van der Waals surface area contributed by atoms with Gasteiger partial charge in [0.1, 0.15) is 5.75 Å². The second kappa shape index (κ2) is 7.92. The number of nitrogens with one attached hydrogen (secondary N) is 1. The summed E-state index contributed by atoms with van der Waals surface area (Å²) in [5.74, 6) is -1.64. The van der Waals surface area contributed by atoms with Gasteiger partial charge in [-0.2, -0.15) is 5.10 Å². The highest BCUT2D eigenvalue weighted by molar-refractivity contribution is 6.01. The van der Waals surface area contributed by atoms with Crippen molar-refractivity contribution < 1.29 is 19.8 Å². The van der Waals surface area contributed by atoms with E-state index in [1.165, 1.54) is 18.3 Å². The van der Waals surface area contributed by atoms with Gasteiger partial charge in [0.25, 0.3) is 5.91 Å². The van der Waals surface area contributed by atoms with E-state index in [1.54, 1.807) is 41.1 Å². The summed E-state index contributed by atoms with van der Waals surface area (Å²) in [7, 11) is 0. The van der Waals surface area contributed by atoms with Crippen molar-refractivity contribution in [2.45, 2.75) is 0 Å². The van der Waals surface area contributed by atoms with Crippen molar-refractivity contribution in [3.05, 3.63) is 95.8 Å². The molecule has 0 aliphatic carbocycles. The molecule has 0 fully saturated rings. The first-order valence-electron chi connectivity index (χ1n) is 9.09. The molecule has 0 radical (unpaired) electrons. The molecule has 0 aliphatic rings. The summed E-state index contributed by atoms with van der Waals surface area (Å²) in [6, 6.07) is 20.6. The number of amides is 1. The summed E-state index contributed by atoms with van der Waals surface area (Å²) in [6.45, 7) is 0. The van der Waals surface area contributed by atoms with Gasteiger partial charge in [0.15, 0.2) is 0 Å². The van der Waals surface area contributed by atoms with E-state index in [0.717, 1.165) is 16.5 Å². The second-order valence-corrected chi connectivity index (χ2v) is 6.57. The van der Waals surface area contributed by atoms with Gasteiger partial charge >= 0.3 is 5.97 Å². The van der Waals surface area contributed by atoms with Crippen LogP contribution in [0.4, 0.5) is 0 Å². The third-order valence-electron chi connectivity index (χ3n) is 4.64. The lowest BCUT2D eigenvalue weighted by atomic mass is 10.1. The second-order valence-electron chi connectivity index (χ2n) is 6.57. The number of hydrazone groups is 1. The van der Waals surface area contributed by atoms with Gasteiger partial charge in [-0.15, -0.1) is 0 Å². The van der Waals surface area contributed by atoms with Crippen LogP contribution in [0, 0.1) is 0 Å². The van der Waals surface area contributed by atoms with Crippen LogP contribution in [0.25, 0.3) is 16.5 Å². The largest absolute Gasteiger partial charge is 0.507 e. The first kappa shape index (κ1) is 18.9. The van der Waals surface area contributed by atoms with Crippen LogP contribution < -0.4 is 5.43 Å². The lowest BCUT2D eigenvalue weighted by Crippen LogP contribution is -2.18. The molecule has 0 aliphatic heterocycles. The molecule has 0 saturated carbocycles. The number of benzene rings is 3. The third-order valence-corrected chi connectivity index (χ3v) is 4.64. The molecule has 148 valence electrons. The minimum absolute atomic E-state index is 0.122. The van der Waals surface area contributed by atoms with Gasteiger partial charge in [-0.05, 0) is 59.3 Å². The van der Waals surface area contributed by atoms with Gasteiger partial charge in [0.05, 0.1) is 23.0 Å². The molecule has 4 aromatic rings. The fraction of sp³-hybridized carbons (Fsp3) is 0. The summed E-state index contributed by atoms with van der Waals surface area (Å²) < 4.78 is 1.80. The molecule has 0 atom stereocenters. The van der Waals surface area contributed by atoms with E-state index in [2.05, 4.69) is 10.5 Å². The molecule has 3 aromatic carbocycles. The molecule has 30 heavy (non-hydrogen) atoms. The van der Waals surface area contributed by atoms with E-state index in [0.29, 0.717) is 5.69 Å². The Kier molecular flexibility index (Phi) is 5.00. The first-order chi connectivity index (χ1) is 14.5. The zero-order valence-electron chi connectivity index (χ0n) is 15.7. The number of carbonyl (C=O) groups excluding carboxylic acids is 1. The fourth-order valence-corrected chi connectivity index (χ4v) is 3.13. The summed E-state index contributed by atoms with van der Waals surface area (Å²) in [6.07, 6.45) is 3.27. The van der Waals surface area contributed by atoms with E-state index in [-0.39, 0.29) is 16.9 Å². The van der Waals surface area contributed by atoms with Crippen LogP contribution in [0.1, 0.15) is 26.4 Å². The van der Waals surface area contributed by atoms with Gasteiger partial charge in [0, 0.05) is 11.9 Å². The summed E-state index contributed by atoms with van der Waals surface area (Å²) in [4.78, 5) is 23.4. The molecule has 0 spiro atoms. The van der Waals surface area contributed by atoms with E-state index in [1.807, 2.05) is 30.3 Å². The van der Waals surface area contributed by atoms with Gasteiger partial charge in [0.2, 0.25) is 0 Å². The molecule has 1 amide bonds. The highest BCUT2D eigenvalue weighted by atomic mass is 16.4. The standard InChI is InChI=1S/C23H17N3O4/c27-21-13-17-5-2-1-4-16(17)12-20(21)22(28)25-24-14-19-6-3-11-26(19)18-9-7-15(8-10-18)23(29)30/h1-14,27H,(H,25,28)(H,29,30). The van der Waals surface area contributed by atoms with Crippen molar-refractivity contribution in [3.8, 4) is 11.4 Å². The van der Waals surface area contributed by atoms with Crippen molar-refractivity contribution in [2.24, 2.45) is 5.10 Å². The van der Waals surface area contributed by atoms with Gasteiger partial charge < -0.3 is 14.8 Å². The monoisotopic (exact) mass is 399 g/mol. The van der Waals surface area contributed by atoms with Crippen molar-refractivity contribution in [1.82, 2.24) is 9.99 Å². The van der Waals surface area contributed by atoms with E-state index >= 15 is 0 Å². The van der Waals surface area contributed by atoms with Gasteiger partial charge in [-0.25, -0.2) is 10.2 Å². The number of aromatic carboxylic acids is 1. The van der Waals surface area contributed by atoms with Crippen LogP contribution in [0.2, 0.25) is 0 Å². The average molecular weight is 399 g/mol. The van der Waals surface area contributed by atoms with E-state index in [9.17, 15) is 14.7 Å². The summed E-state index contributed by atoms with van der Waals surface area (Å²) in [5.41, 5.74) is 4.19. The van der Waals surface area contributed by atoms with Crippen LogP contribution in [0.15, 0.2) is 84.1 Å². The van der Waals surface area contributed by atoms with Crippen molar-refractivity contribution in [3.63, 3.8) is 0 Å². The number of phenols is 1.